The number of nitrogens with zero attached hydrogens (tertiary/aromatic N) is 3. The van der Waals surface area contributed by atoms with E-state index >= 15 is 0 Å². The maximum Gasteiger partial charge on any atom is 0.301 e. The molecule has 1 N–H and O–H groups in total. The van der Waals surface area contributed by atoms with Crippen LogP contribution in [0.4, 0.5) is 5.13 Å². The van der Waals surface area contributed by atoms with Gasteiger partial charge in [-0.1, -0.05) is 53.8 Å². The lowest BCUT2D eigenvalue weighted by atomic mass is 9.95. The molecule has 4 rings (SSSR count). The summed E-state index contributed by atoms with van der Waals surface area (Å²) in [6.07, 6.45) is 0. The van der Waals surface area contributed by atoms with Gasteiger partial charge >= 0.3 is 5.91 Å². The molecule has 1 amide bonds. The molecule has 3 aromatic rings. The van der Waals surface area contributed by atoms with E-state index in [0.29, 0.717) is 27.0 Å². The fourth-order valence-corrected chi connectivity index (χ4v) is 3.98. The van der Waals surface area contributed by atoms with E-state index in [4.69, 9.17) is 4.74 Å². The lowest BCUT2D eigenvalue weighted by Gasteiger charge is -2.22. The predicted molar refractivity (Wildman–Crippen MR) is 109 cm³/mol. The van der Waals surface area contributed by atoms with Crippen molar-refractivity contribution in [3.05, 3.63) is 76.3 Å². The summed E-state index contributed by atoms with van der Waals surface area (Å²) in [6, 6.07) is 14.8. The van der Waals surface area contributed by atoms with Gasteiger partial charge in [0.15, 0.2) is 0 Å². The van der Waals surface area contributed by atoms with Gasteiger partial charge in [-0.25, -0.2) is 0 Å². The highest BCUT2D eigenvalue weighted by Crippen LogP contribution is 2.43. The van der Waals surface area contributed by atoms with E-state index in [9.17, 15) is 14.7 Å². The van der Waals surface area contributed by atoms with Gasteiger partial charge in [0.25, 0.3) is 5.78 Å². The normalized spacial score (nSPS) is 18.3. The van der Waals surface area contributed by atoms with E-state index in [1.54, 1.807) is 68.6 Å². The molecule has 29 heavy (non-hydrogen) atoms. The Morgan fingerprint density at radius 1 is 1.07 bits per heavy atom. The largest absolute Gasteiger partial charge is 0.507 e. The first-order valence-corrected chi connectivity index (χ1v) is 9.63. The number of methoxy groups -OCH3 is 1. The van der Waals surface area contributed by atoms with Gasteiger partial charge in [0.2, 0.25) is 5.13 Å². The van der Waals surface area contributed by atoms with Gasteiger partial charge in [0.05, 0.1) is 18.7 Å². The van der Waals surface area contributed by atoms with Gasteiger partial charge in [-0.05, 0) is 24.6 Å². The number of Topliss-reactive ketones (excluding diaryl/α,β-unsaturated/α-hetero) is 1. The molecule has 8 heteroatoms. The number of aliphatic hydroxyl groups excluding tert-OH is 1. The smallest absolute Gasteiger partial charge is 0.301 e. The van der Waals surface area contributed by atoms with Gasteiger partial charge in [0.1, 0.15) is 16.5 Å². The number of aliphatic hydroxyl groups is 1. The molecule has 0 saturated carbocycles. The number of aromatic nitrogens is 2. The molecule has 0 bridgehead atoms. The zero-order valence-electron chi connectivity index (χ0n) is 15.7. The van der Waals surface area contributed by atoms with Crippen molar-refractivity contribution in [3.63, 3.8) is 0 Å². The number of rotatable bonds is 4. The molecule has 0 spiro atoms. The van der Waals surface area contributed by atoms with Crippen molar-refractivity contribution < 1.29 is 19.4 Å². The number of hydrogen-bond donors (Lipinski definition) is 1. The van der Waals surface area contributed by atoms with Crippen molar-refractivity contribution in [2.45, 2.75) is 13.0 Å². The van der Waals surface area contributed by atoms with Gasteiger partial charge < -0.3 is 9.84 Å². The highest BCUT2D eigenvalue weighted by molar-refractivity contribution is 7.15. The third kappa shape index (κ3) is 3.27. The van der Waals surface area contributed by atoms with Crippen LogP contribution in [0.5, 0.6) is 5.75 Å². The summed E-state index contributed by atoms with van der Waals surface area (Å²) in [5, 5.41) is 19.9. The Bertz CT molecular complexity index is 1110. The standard InChI is InChI=1S/C21H17N3O4S/c1-12-22-23-21(29-12)24-17(13-8-10-15(28-2)11-9-13)16(19(26)20(24)27)18(25)14-6-4-3-5-7-14/h3-11,17,25H,1-2H3/t17-/m0/s1. The van der Waals surface area contributed by atoms with Crippen molar-refractivity contribution in [2.75, 3.05) is 12.0 Å². The molecule has 2 heterocycles. The monoisotopic (exact) mass is 407 g/mol. The quantitative estimate of drug-likeness (QED) is 0.404. The minimum absolute atomic E-state index is 0.0132. The van der Waals surface area contributed by atoms with Crippen molar-refractivity contribution >= 4 is 33.9 Å². The lowest BCUT2D eigenvalue weighted by molar-refractivity contribution is -0.132. The van der Waals surface area contributed by atoms with E-state index in [0.717, 1.165) is 0 Å². The van der Waals surface area contributed by atoms with Crippen LogP contribution in [0.15, 0.2) is 60.2 Å². The molecule has 0 aliphatic carbocycles. The molecule has 2 aromatic carbocycles. The second-order valence-corrected chi connectivity index (χ2v) is 7.57. The van der Waals surface area contributed by atoms with Crippen LogP contribution in [0, 0.1) is 6.92 Å². The summed E-state index contributed by atoms with van der Waals surface area (Å²) in [5.74, 6) is -1.10. The van der Waals surface area contributed by atoms with Gasteiger partial charge in [0, 0.05) is 5.56 Å². The first kappa shape index (κ1) is 18.8. The van der Waals surface area contributed by atoms with E-state index in [1.165, 1.54) is 16.2 Å². The van der Waals surface area contributed by atoms with Crippen molar-refractivity contribution in [1.29, 1.82) is 0 Å². The number of aryl methyl sites for hydroxylation is 1. The van der Waals surface area contributed by atoms with Crippen molar-refractivity contribution in [3.8, 4) is 5.75 Å². The fraction of sp³-hybridized carbons (Fsp3) is 0.143. The summed E-state index contributed by atoms with van der Waals surface area (Å²) in [4.78, 5) is 27.1. The molecule has 1 saturated heterocycles. The zero-order valence-corrected chi connectivity index (χ0v) is 16.5. The first-order chi connectivity index (χ1) is 14.0. The number of hydrogen-bond acceptors (Lipinski definition) is 7. The predicted octanol–water partition coefficient (Wildman–Crippen LogP) is 3.48. The number of carbonyl (C=O) groups excluding carboxylic acids is 2. The zero-order chi connectivity index (χ0) is 20.5. The number of amides is 1. The van der Waals surface area contributed by atoms with Crippen LogP contribution < -0.4 is 9.64 Å². The second-order valence-electron chi connectivity index (χ2n) is 6.41. The Hall–Kier alpha value is -3.52. The Morgan fingerprint density at radius 2 is 1.76 bits per heavy atom. The van der Waals surface area contributed by atoms with Crippen LogP contribution in [0.1, 0.15) is 22.2 Å². The number of ether oxygens (including phenoxy) is 1. The van der Waals surface area contributed by atoms with E-state index in [1.807, 2.05) is 0 Å². The van der Waals surface area contributed by atoms with Crippen LogP contribution in [-0.2, 0) is 9.59 Å². The molecule has 146 valence electrons. The Morgan fingerprint density at radius 3 is 2.34 bits per heavy atom. The Kier molecular flexibility index (Phi) is 4.85. The van der Waals surface area contributed by atoms with Crippen LogP contribution in [-0.4, -0.2) is 34.1 Å². The van der Waals surface area contributed by atoms with Crippen LogP contribution in [0.2, 0.25) is 0 Å². The van der Waals surface area contributed by atoms with Gasteiger partial charge in [-0.15, -0.1) is 10.2 Å². The summed E-state index contributed by atoms with van der Waals surface area (Å²) in [7, 11) is 1.56. The van der Waals surface area contributed by atoms with Crippen LogP contribution in [0.3, 0.4) is 0 Å². The highest BCUT2D eigenvalue weighted by atomic mass is 32.1. The Labute approximate surface area is 170 Å². The molecular formula is C21H17N3O4S. The first-order valence-electron chi connectivity index (χ1n) is 8.81. The molecule has 7 nitrogen and oxygen atoms in total. The second kappa shape index (κ2) is 7.48. The minimum atomic E-state index is -0.825. The molecule has 0 radical (unpaired) electrons. The molecule has 1 aromatic heterocycles. The van der Waals surface area contributed by atoms with Gasteiger partial charge in [-0.2, -0.15) is 0 Å². The molecule has 0 unspecified atom stereocenters. The third-order valence-electron chi connectivity index (χ3n) is 4.64. The number of carbonyl (C=O) groups is 2. The average molecular weight is 407 g/mol. The van der Waals surface area contributed by atoms with Crippen LogP contribution >= 0.6 is 11.3 Å². The molecule has 1 aliphatic rings. The van der Waals surface area contributed by atoms with Crippen molar-refractivity contribution in [1.82, 2.24) is 10.2 Å². The number of anilines is 1. The molecule has 1 aliphatic heterocycles. The average Bonchev–Trinajstić information content (AvgIpc) is 3.29. The molecule has 1 fully saturated rings. The summed E-state index contributed by atoms with van der Waals surface area (Å²) < 4.78 is 5.20. The minimum Gasteiger partial charge on any atom is -0.507 e. The SMILES string of the molecule is COc1ccc([C@H]2C(=C(O)c3ccccc3)C(=O)C(=O)N2c2nnc(C)s2)cc1. The van der Waals surface area contributed by atoms with Crippen LogP contribution in [0.25, 0.3) is 5.76 Å². The van der Waals surface area contributed by atoms with E-state index in [-0.39, 0.29) is 11.3 Å². The highest BCUT2D eigenvalue weighted by Gasteiger charge is 2.48. The molecular weight excluding hydrogens is 390 g/mol. The maximum absolute atomic E-state index is 12.9. The summed E-state index contributed by atoms with van der Waals surface area (Å²) in [5.41, 5.74) is 1.12. The summed E-state index contributed by atoms with van der Waals surface area (Å²) >= 11 is 1.21. The number of ketones is 1. The van der Waals surface area contributed by atoms with Gasteiger partial charge in [-0.3, -0.25) is 14.5 Å². The van der Waals surface area contributed by atoms with E-state index < -0.39 is 17.7 Å². The third-order valence-corrected chi connectivity index (χ3v) is 5.48. The topological polar surface area (TPSA) is 92.6 Å². The lowest BCUT2D eigenvalue weighted by Crippen LogP contribution is -2.29. The van der Waals surface area contributed by atoms with Crippen molar-refractivity contribution in [2.24, 2.45) is 0 Å². The Balaban J connectivity index is 1.92. The fourth-order valence-electron chi connectivity index (χ4n) is 3.27. The van der Waals surface area contributed by atoms with E-state index in [2.05, 4.69) is 10.2 Å². The maximum atomic E-state index is 12.9. The number of benzene rings is 2. The molecule has 1 atom stereocenters. The summed E-state index contributed by atoms with van der Waals surface area (Å²) in [6.45, 7) is 1.77.